The molecule has 0 saturated carbocycles. The Morgan fingerprint density at radius 1 is 1.22 bits per heavy atom. The summed E-state index contributed by atoms with van der Waals surface area (Å²) in [5.74, 6) is -0.0480. The molecule has 3 N–H and O–H groups in total. The van der Waals surface area contributed by atoms with Crippen LogP contribution in [0, 0.1) is 0 Å². The van der Waals surface area contributed by atoms with Crippen LogP contribution in [0.3, 0.4) is 0 Å². The number of anilines is 2. The number of carbonyl (C=O) groups excluding carboxylic acids is 1. The summed E-state index contributed by atoms with van der Waals surface area (Å²) in [5.41, 5.74) is 6.36. The Labute approximate surface area is 114 Å². The third kappa shape index (κ3) is 2.91. The number of carbonyl (C=O) groups is 1. The van der Waals surface area contributed by atoms with E-state index in [0.717, 1.165) is 0 Å². The highest BCUT2D eigenvalue weighted by molar-refractivity contribution is 6.35. The standard InChI is InChI=1S/C12H9Cl2N3O/c13-8-1-2-9(14)10(6-8)17-12(18)7-3-4-16-11(15)5-7/h1-6H,(H2,15,16)(H,17,18). The highest BCUT2D eigenvalue weighted by Gasteiger charge is 2.09. The summed E-state index contributed by atoms with van der Waals surface area (Å²) < 4.78 is 0. The Morgan fingerprint density at radius 3 is 2.72 bits per heavy atom. The maximum absolute atomic E-state index is 11.9. The molecule has 0 unspecified atom stereocenters. The van der Waals surface area contributed by atoms with Crippen LogP contribution in [0.2, 0.25) is 10.0 Å². The van der Waals surface area contributed by atoms with Crippen molar-refractivity contribution in [3.63, 3.8) is 0 Å². The highest BCUT2D eigenvalue weighted by atomic mass is 35.5. The minimum atomic E-state index is -0.326. The lowest BCUT2D eigenvalue weighted by atomic mass is 10.2. The number of hydrogen-bond donors (Lipinski definition) is 2. The van der Waals surface area contributed by atoms with Gasteiger partial charge in [0.05, 0.1) is 10.7 Å². The molecule has 4 nitrogen and oxygen atoms in total. The molecular weight excluding hydrogens is 273 g/mol. The first-order valence-corrected chi connectivity index (χ1v) is 5.80. The van der Waals surface area contributed by atoms with Crippen LogP contribution in [0.1, 0.15) is 10.4 Å². The Kier molecular flexibility index (Phi) is 3.69. The number of amides is 1. The van der Waals surface area contributed by atoms with Gasteiger partial charge in [-0.15, -0.1) is 0 Å². The van der Waals surface area contributed by atoms with Crippen molar-refractivity contribution in [3.8, 4) is 0 Å². The second-order valence-electron chi connectivity index (χ2n) is 3.55. The van der Waals surface area contributed by atoms with Gasteiger partial charge in [-0.05, 0) is 30.3 Å². The van der Waals surface area contributed by atoms with Crippen molar-refractivity contribution in [1.29, 1.82) is 0 Å². The number of nitrogens with two attached hydrogens (primary N) is 1. The zero-order chi connectivity index (χ0) is 13.1. The molecule has 1 amide bonds. The molecule has 1 aromatic heterocycles. The minimum absolute atomic E-state index is 0.278. The molecule has 0 aliphatic carbocycles. The molecule has 0 bridgehead atoms. The first-order valence-electron chi connectivity index (χ1n) is 5.04. The van der Waals surface area contributed by atoms with Crippen LogP contribution >= 0.6 is 23.2 Å². The van der Waals surface area contributed by atoms with E-state index in [0.29, 0.717) is 21.3 Å². The average Bonchev–Trinajstić information content (AvgIpc) is 2.34. The van der Waals surface area contributed by atoms with Crippen molar-refractivity contribution in [2.75, 3.05) is 11.1 Å². The molecule has 0 fully saturated rings. The van der Waals surface area contributed by atoms with Gasteiger partial charge in [0.25, 0.3) is 5.91 Å². The van der Waals surface area contributed by atoms with Crippen LogP contribution in [0.15, 0.2) is 36.5 Å². The molecule has 0 radical (unpaired) electrons. The van der Waals surface area contributed by atoms with Crippen molar-refractivity contribution in [3.05, 3.63) is 52.1 Å². The van der Waals surface area contributed by atoms with Crippen LogP contribution in [-0.4, -0.2) is 10.9 Å². The van der Waals surface area contributed by atoms with Crippen molar-refractivity contribution >= 4 is 40.6 Å². The lowest BCUT2D eigenvalue weighted by Gasteiger charge is -2.07. The SMILES string of the molecule is Nc1cc(C(=O)Nc2cc(Cl)ccc2Cl)ccn1. The number of benzene rings is 1. The molecule has 18 heavy (non-hydrogen) atoms. The molecule has 0 atom stereocenters. The number of pyridine rings is 1. The quantitative estimate of drug-likeness (QED) is 0.888. The lowest BCUT2D eigenvalue weighted by Crippen LogP contribution is -2.12. The van der Waals surface area contributed by atoms with Gasteiger partial charge < -0.3 is 11.1 Å². The van der Waals surface area contributed by atoms with Gasteiger partial charge in [0.2, 0.25) is 0 Å². The zero-order valence-electron chi connectivity index (χ0n) is 9.15. The average molecular weight is 282 g/mol. The smallest absolute Gasteiger partial charge is 0.255 e. The fraction of sp³-hybridized carbons (Fsp3) is 0. The molecule has 92 valence electrons. The molecule has 0 spiro atoms. The van der Waals surface area contributed by atoms with Gasteiger partial charge in [-0.2, -0.15) is 0 Å². The van der Waals surface area contributed by atoms with E-state index in [4.69, 9.17) is 28.9 Å². The van der Waals surface area contributed by atoms with E-state index in [1.165, 1.54) is 12.3 Å². The maximum atomic E-state index is 11.9. The van der Waals surface area contributed by atoms with Crippen molar-refractivity contribution in [1.82, 2.24) is 4.98 Å². The van der Waals surface area contributed by atoms with Crippen LogP contribution < -0.4 is 11.1 Å². The molecule has 0 saturated heterocycles. The number of nitrogens with zero attached hydrogens (tertiary/aromatic N) is 1. The first-order chi connectivity index (χ1) is 8.56. The van der Waals surface area contributed by atoms with Crippen molar-refractivity contribution in [2.24, 2.45) is 0 Å². The molecule has 0 aliphatic rings. The van der Waals surface area contributed by atoms with Crippen LogP contribution in [0.4, 0.5) is 11.5 Å². The van der Waals surface area contributed by atoms with Gasteiger partial charge in [-0.3, -0.25) is 4.79 Å². The summed E-state index contributed by atoms with van der Waals surface area (Å²) in [5, 5.41) is 3.56. The van der Waals surface area contributed by atoms with E-state index in [1.54, 1.807) is 24.3 Å². The van der Waals surface area contributed by atoms with Crippen molar-refractivity contribution < 1.29 is 4.79 Å². The Hall–Kier alpha value is -1.78. The van der Waals surface area contributed by atoms with Gasteiger partial charge >= 0.3 is 0 Å². The van der Waals surface area contributed by atoms with Gasteiger partial charge in [0, 0.05) is 16.8 Å². The van der Waals surface area contributed by atoms with Crippen molar-refractivity contribution in [2.45, 2.75) is 0 Å². The molecule has 6 heteroatoms. The predicted octanol–water partition coefficient (Wildman–Crippen LogP) is 3.22. The Bertz CT molecular complexity index is 602. The fourth-order valence-electron chi connectivity index (χ4n) is 1.38. The van der Waals surface area contributed by atoms with E-state index in [9.17, 15) is 4.79 Å². The highest BCUT2D eigenvalue weighted by Crippen LogP contribution is 2.25. The van der Waals surface area contributed by atoms with Crippen LogP contribution in [0.5, 0.6) is 0 Å². The summed E-state index contributed by atoms with van der Waals surface area (Å²) in [6.45, 7) is 0. The second-order valence-corrected chi connectivity index (χ2v) is 4.39. The van der Waals surface area contributed by atoms with E-state index in [-0.39, 0.29) is 11.7 Å². The van der Waals surface area contributed by atoms with Gasteiger partial charge in [0.15, 0.2) is 0 Å². The number of hydrogen-bond acceptors (Lipinski definition) is 3. The topological polar surface area (TPSA) is 68.0 Å². The zero-order valence-corrected chi connectivity index (χ0v) is 10.7. The minimum Gasteiger partial charge on any atom is -0.384 e. The molecule has 0 aliphatic heterocycles. The third-order valence-electron chi connectivity index (χ3n) is 2.22. The summed E-state index contributed by atoms with van der Waals surface area (Å²) in [6.07, 6.45) is 1.46. The molecule has 2 aromatic rings. The monoisotopic (exact) mass is 281 g/mol. The second kappa shape index (κ2) is 5.25. The number of nitrogen functional groups attached to an aromatic ring is 1. The summed E-state index contributed by atoms with van der Waals surface area (Å²) in [6, 6.07) is 7.87. The molecule has 2 rings (SSSR count). The van der Waals surface area contributed by atoms with Crippen LogP contribution in [-0.2, 0) is 0 Å². The molecule has 1 heterocycles. The summed E-state index contributed by atoms with van der Waals surface area (Å²) in [7, 11) is 0. The third-order valence-corrected chi connectivity index (χ3v) is 2.78. The Morgan fingerprint density at radius 2 is 2.00 bits per heavy atom. The number of rotatable bonds is 2. The largest absolute Gasteiger partial charge is 0.384 e. The normalized spacial score (nSPS) is 10.1. The number of aromatic nitrogens is 1. The van der Waals surface area contributed by atoms with E-state index in [2.05, 4.69) is 10.3 Å². The van der Waals surface area contributed by atoms with Gasteiger partial charge in [0.1, 0.15) is 5.82 Å². The first kappa shape index (κ1) is 12.7. The Balaban J connectivity index is 2.24. The lowest BCUT2D eigenvalue weighted by molar-refractivity contribution is 0.102. The van der Waals surface area contributed by atoms with Gasteiger partial charge in [-0.1, -0.05) is 23.2 Å². The van der Waals surface area contributed by atoms with Gasteiger partial charge in [-0.25, -0.2) is 4.98 Å². The van der Waals surface area contributed by atoms with E-state index >= 15 is 0 Å². The molecular formula is C12H9Cl2N3O. The molecule has 1 aromatic carbocycles. The fourth-order valence-corrected chi connectivity index (χ4v) is 1.71. The van der Waals surface area contributed by atoms with E-state index < -0.39 is 0 Å². The van der Waals surface area contributed by atoms with Crippen LogP contribution in [0.25, 0.3) is 0 Å². The van der Waals surface area contributed by atoms with E-state index in [1.807, 2.05) is 0 Å². The maximum Gasteiger partial charge on any atom is 0.255 e. The predicted molar refractivity (Wildman–Crippen MR) is 73.1 cm³/mol. The number of halogens is 2. The summed E-state index contributed by atoms with van der Waals surface area (Å²) in [4.78, 5) is 15.7. The number of nitrogens with one attached hydrogen (secondary N) is 1. The summed E-state index contributed by atoms with van der Waals surface area (Å²) >= 11 is 11.8.